The van der Waals surface area contributed by atoms with Gasteiger partial charge in [-0.15, -0.1) is 0 Å². The first-order valence-corrected chi connectivity index (χ1v) is 4.64. The van der Waals surface area contributed by atoms with Crippen LogP contribution in [0.2, 0.25) is 0 Å². The Balaban J connectivity index is 2.63. The van der Waals surface area contributed by atoms with E-state index in [1.165, 1.54) is 6.20 Å². The van der Waals surface area contributed by atoms with Crippen molar-refractivity contribution in [2.45, 2.75) is 6.92 Å². The number of hydrogen-bond donors (Lipinski definition) is 0. The second kappa shape index (κ2) is 4.06. The van der Waals surface area contributed by atoms with Crippen LogP contribution in [0.1, 0.15) is 16.2 Å². The summed E-state index contributed by atoms with van der Waals surface area (Å²) >= 11 is 0. The fraction of sp³-hybridized carbons (Fsp3) is 0.0909. The van der Waals surface area contributed by atoms with Crippen LogP contribution in [0.4, 0.5) is 0 Å². The zero-order valence-corrected chi connectivity index (χ0v) is 8.54. The van der Waals surface area contributed by atoms with E-state index >= 15 is 0 Å². The minimum absolute atomic E-state index is 0.0169. The summed E-state index contributed by atoms with van der Waals surface area (Å²) < 4.78 is 0. The van der Waals surface area contributed by atoms with Gasteiger partial charge in [-0.2, -0.15) is 0 Å². The molecule has 5 nitrogen and oxygen atoms in total. The quantitative estimate of drug-likeness (QED) is 0.714. The molecule has 0 amide bonds. The lowest BCUT2D eigenvalue weighted by atomic mass is 10.1. The van der Waals surface area contributed by atoms with Gasteiger partial charge in [0.15, 0.2) is 0 Å². The van der Waals surface area contributed by atoms with Gasteiger partial charge in [-0.1, -0.05) is 0 Å². The van der Waals surface area contributed by atoms with Gasteiger partial charge in [0.05, 0.1) is 11.7 Å². The van der Waals surface area contributed by atoms with Crippen molar-refractivity contribution in [1.82, 2.24) is 15.0 Å². The van der Waals surface area contributed by atoms with Gasteiger partial charge in [0.2, 0.25) is 0 Å². The number of carbonyl (C=O) groups is 1. The molecular weight excluding hydrogens is 206 g/mol. The lowest BCUT2D eigenvalue weighted by Crippen LogP contribution is -2.24. The van der Waals surface area contributed by atoms with Crippen LogP contribution in [0, 0.1) is 6.92 Å². The van der Waals surface area contributed by atoms with Gasteiger partial charge in [-0.25, -0.2) is 9.97 Å². The van der Waals surface area contributed by atoms with Crippen molar-refractivity contribution in [3.63, 3.8) is 0 Å². The SMILES string of the molecule is Cc1ncc(C(=O)[O-])c(-c2ccncc2)n1. The van der Waals surface area contributed by atoms with Crippen LogP contribution < -0.4 is 5.11 Å². The van der Waals surface area contributed by atoms with Crippen molar-refractivity contribution >= 4 is 5.97 Å². The summed E-state index contributed by atoms with van der Waals surface area (Å²) in [5.74, 6) is -0.774. The van der Waals surface area contributed by atoms with E-state index in [-0.39, 0.29) is 5.56 Å². The molecule has 0 bridgehead atoms. The standard InChI is InChI=1S/C11H9N3O2/c1-7-13-6-9(11(15)16)10(14-7)8-2-4-12-5-3-8/h2-6H,1H3,(H,15,16)/p-1. The number of pyridine rings is 1. The van der Waals surface area contributed by atoms with E-state index in [1.807, 2.05) is 0 Å². The minimum Gasteiger partial charge on any atom is -0.545 e. The smallest absolute Gasteiger partial charge is 0.125 e. The molecule has 0 fully saturated rings. The Morgan fingerprint density at radius 2 is 2.00 bits per heavy atom. The van der Waals surface area contributed by atoms with Crippen LogP contribution in [0.3, 0.4) is 0 Å². The minimum atomic E-state index is -1.29. The average molecular weight is 214 g/mol. The van der Waals surface area contributed by atoms with E-state index in [1.54, 1.807) is 31.5 Å². The lowest BCUT2D eigenvalue weighted by Gasteiger charge is -2.09. The number of hydrogen-bond acceptors (Lipinski definition) is 5. The van der Waals surface area contributed by atoms with Crippen LogP contribution in [-0.2, 0) is 0 Å². The predicted octanol–water partition coefficient (Wildman–Crippen LogP) is 0.211. The molecule has 5 heteroatoms. The second-order valence-electron chi connectivity index (χ2n) is 3.20. The molecule has 0 saturated heterocycles. The van der Waals surface area contributed by atoms with Crippen LogP contribution in [0.25, 0.3) is 11.3 Å². The molecule has 0 atom stereocenters. The first kappa shape index (κ1) is 10.2. The normalized spacial score (nSPS) is 10.1. The molecule has 2 aromatic heterocycles. The predicted molar refractivity (Wildman–Crippen MR) is 54.3 cm³/mol. The Kier molecular flexibility index (Phi) is 2.59. The molecule has 0 spiro atoms. The molecule has 0 aliphatic heterocycles. The molecule has 80 valence electrons. The van der Waals surface area contributed by atoms with E-state index in [0.29, 0.717) is 17.1 Å². The Bertz CT molecular complexity index is 526. The van der Waals surface area contributed by atoms with Gasteiger partial charge in [0.1, 0.15) is 5.82 Å². The van der Waals surface area contributed by atoms with Crippen molar-refractivity contribution in [2.24, 2.45) is 0 Å². The van der Waals surface area contributed by atoms with E-state index < -0.39 is 5.97 Å². The number of carboxylic acid groups (broad SMARTS) is 1. The maximum atomic E-state index is 10.9. The molecule has 2 rings (SSSR count). The molecule has 0 radical (unpaired) electrons. The molecular formula is C11H8N3O2-. The number of aromatic carboxylic acids is 1. The summed E-state index contributed by atoms with van der Waals surface area (Å²) in [7, 11) is 0. The molecule has 2 heterocycles. The van der Waals surface area contributed by atoms with E-state index in [4.69, 9.17) is 0 Å². The van der Waals surface area contributed by atoms with Crippen molar-refractivity contribution in [1.29, 1.82) is 0 Å². The van der Waals surface area contributed by atoms with Crippen LogP contribution >= 0.6 is 0 Å². The molecule has 0 unspecified atom stereocenters. The van der Waals surface area contributed by atoms with E-state index in [0.717, 1.165) is 0 Å². The number of nitrogens with zero attached hydrogens (tertiary/aromatic N) is 3. The first-order valence-electron chi connectivity index (χ1n) is 4.64. The molecule has 0 aliphatic carbocycles. The zero-order valence-electron chi connectivity index (χ0n) is 8.54. The maximum Gasteiger partial charge on any atom is 0.125 e. The number of carboxylic acids is 1. The second-order valence-corrected chi connectivity index (χ2v) is 3.20. The molecule has 0 N–H and O–H groups in total. The lowest BCUT2D eigenvalue weighted by molar-refractivity contribution is -0.255. The van der Waals surface area contributed by atoms with Gasteiger partial charge >= 0.3 is 0 Å². The number of aryl methyl sites for hydroxylation is 1. The van der Waals surface area contributed by atoms with Gasteiger partial charge in [0.25, 0.3) is 0 Å². The number of aromatic nitrogens is 3. The highest BCUT2D eigenvalue weighted by molar-refractivity contribution is 5.92. The van der Waals surface area contributed by atoms with Crippen molar-refractivity contribution in [3.8, 4) is 11.3 Å². The van der Waals surface area contributed by atoms with Crippen molar-refractivity contribution < 1.29 is 9.90 Å². The van der Waals surface area contributed by atoms with Gasteiger partial charge < -0.3 is 9.90 Å². The van der Waals surface area contributed by atoms with Crippen LogP contribution in [-0.4, -0.2) is 20.9 Å². The Morgan fingerprint density at radius 1 is 1.31 bits per heavy atom. The Labute approximate surface area is 91.8 Å². The average Bonchev–Trinajstić information content (AvgIpc) is 2.29. The molecule has 0 saturated carbocycles. The fourth-order valence-electron chi connectivity index (χ4n) is 1.35. The summed E-state index contributed by atoms with van der Waals surface area (Å²) in [6, 6.07) is 3.38. The van der Waals surface area contributed by atoms with Crippen LogP contribution in [0.15, 0.2) is 30.7 Å². The highest BCUT2D eigenvalue weighted by atomic mass is 16.4. The zero-order chi connectivity index (χ0) is 11.5. The summed E-state index contributed by atoms with van der Waals surface area (Å²) in [5, 5.41) is 10.9. The highest BCUT2D eigenvalue weighted by Crippen LogP contribution is 2.19. The van der Waals surface area contributed by atoms with Gasteiger partial charge in [-0.3, -0.25) is 4.98 Å². The third-order valence-electron chi connectivity index (χ3n) is 2.08. The van der Waals surface area contributed by atoms with Crippen molar-refractivity contribution in [3.05, 3.63) is 42.1 Å². The maximum absolute atomic E-state index is 10.9. The Hall–Kier alpha value is -2.30. The van der Waals surface area contributed by atoms with Gasteiger partial charge in [0, 0.05) is 29.7 Å². The summed E-state index contributed by atoms with van der Waals surface area (Å²) in [6.07, 6.45) is 4.41. The summed E-state index contributed by atoms with van der Waals surface area (Å²) in [6.45, 7) is 1.70. The van der Waals surface area contributed by atoms with Crippen LogP contribution in [0.5, 0.6) is 0 Å². The Morgan fingerprint density at radius 3 is 2.62 bits per heavy atom. The summed E-state index contributed by atoms with van der Waals surface area (Å²) in [4.78, 5) is 22.7. The topological polar surface area (TPSA) is 78.8 Å². The van der Waals surface area contributed by atoms with E-state index in [9.17, 15) is 9.90 Å². The molecule has 16 heavy (non-hydrogen) atoms. The molecule has 0 aromatic carbocycles. The molecule has 0 aliphatic rings. The highest BCUT2D eigenvalue weighted by Gasteiger charge is 2.08. The fourth-order valence-corrected chi connectivity index (χ4v) is 1.35. The third-order valence-corrected chi connectivity index (χ3v) is 2.08. The molecule has 2 aromatic rings. The third kappa shape index (κ3) is 1.88. The number of carbonyl (C=O) groups excluding carboxylic acids is 1. The monoisotopic (exact) mass is 214 g/mol. The van der Waals surface area contributed by atoms with E-state index in [2.05, 4.69) is 15.0 Å². The van der Waals surface area contributed by atoms with Crippen molar-refractivity contribution in [2.75, 3.05) is 0 Å². The largest absolute Gasteiger partial charge is 0.545 e. The summed E-state index contributed by atoms with van der Waals surface area (Å²) in [5.41, 5.74) is 1.02. The first-order chi connectivity index (χ1) is 7.68. The van der Waals surface area contributed by atoms with Gasteiger partial charge in [-0.05, 0) is 19.1 Å². The number of rotatable bonds is 2.